The first-order valence-electron chi connectivity index (χ1n) is 5.93. The topological polar surface area (TPSA) is 89.3 Å². The summed E-state index contributed by atoms with van der Waals surface area (Å²) in [6, 6.07) is 2.44. The van der Waals surface area contributed by atoms with Crippen LogP contribution in [0.2, 0.25) is 5.02 Å². The van der Waals surface area contributed by atoms with Crippen molar-refractivity contribution in [2.24, 2.45) is 11.1 Å². The van der Waals surface area contributed by atoms with Gasteiger partial charge in [0.25, 0.3) is 5.91 Å². The fraction of sp³-hybridized carbons (Fsp3) is 0.417. The van der Waals surface area contributed by atoms with Crippen LogP contribution in [-0.4, -0.2) is 20.9 Å². The molecular formula is C12H16BrClN2O3S. The molecule has 1 amide bonds. The number of halogens is 2. The summed E-state index contributed by atoms with van der Waals surface area (Å²) >= 11 is 9.13. The molecule has 0 aromatic heterocycles. The van der Waals surface area contributed by atoms with E-state index in [0.29, 0.717) is 16.9 Å². The summed E-state index contributed by atoms with van der Waals surface area (Å²) in [6.07, 6.45) is 0.819. The molecule has 0 saturated heterocycles. The van der Waals surface area contributed by atoms with Gasteiger partial charge >= 0.3 is 0 Å². The van der Waals surface area contributed by atoms with E-state index < -0.39 is 15.9 Å². The van der Waals surface area contributed by atoms with E-state index in [1.165, 1.54) is 12.1 Å². The Balaban J connectivity index is 3.05. The average Bonchev–Trinajstić information content (AvgIpc) is 2.30. The number of nitrogens with two attached hydrogens (primary N) is 1. The van der Waals surface area contributed by atoms with Crippen LogP contribution in [-0.2, 0) is 10.0 Å². The molecule has 112 valence electrons. The van der Waals surface area contributed by atoms with Crippen LogP contribution in [0.1, 0.15) is 30.6 Å². The first-order chi connectivity index (χ1) is 9.12. The van der Waals surface area contributed by atoms with Gasteiger partial charge in [-0.3, -0.25) is 4.79 Å². The minimum Gasteiger partial charge on any atom is -0.352 e. The summed E-state index contributed by atoms with van der Waals surface area (Å²) in [5.41, 5.74) is 0.0776. The summed E-state index contributed by atoms with van der Waals surface area (Å²) in [4.78, 5) is 11.9. The maximum absolute atomic E-state index is 12.0. The molecule has 8 heteroatoms. The Morgan fingerprint density at radius 1 is 1.45 bits per heavy atom. The number of carbonyl (C=O) groups is 1. The van der Waals surface area contributed by atoms with Gasteiger partial charge in [0.05, 0.1) is 15.5 Å². The van der Waals surface area contributed by atoms with Gasteiger partial charge in [0, 0.05) is 11.0 Å². The van der Waals surface area contributed by atoms with Crippen LogP contribution in [0.15, 0.2) is 21.5 Å². The minimum atomic E-state index is -3.90. The molecule has 0 unspecified atom stereocenters. The number of carbonyl (C=O) groups excluding carboxylic acids is 1. The Hall–Kier alpha value is -0.630. The highest BCUT2D eigenvalue weighted by molar-refractivity contribution is 9.10. The van der Waals surface area contributed by atoms with Crippen molar-refractivity contribution in [2.45, 2.75) is 25.2 Å². The van der Waals surface area contributed by atoms with E-state index in [1.807, 2.05) is 13.8 Å². The van der Waals surface area contributed by atoms with Crippen molar-refractivity contribution in [1.82, 2.24) is 5.32 Å². The van der Waals surface area contributed by atoms with E-state index >= 15 is 0 Å². The summed E-state index contributed by atoms with van der Waals surface area (Å²) in [5, 5.41) is 7.91. The van der Waals surface area contributed by atoms with Crippen LogP contribution in [0.5, 0.6) is 0 Å². The second kappa shape index (κ2) is 6.89. The zero-order valence-corrected chi connectivity index (χ0v) is 14.3. The standard InChI is InChI=1S/C12H16BrClN2O3S/c1-7(2)3-4-16-12(17)9-5-8(20(15,18)19)6-10(13)11(9)14/h5-7H,3-4H2,1-2H3,(H,16,17)(H2,15,18,19). The molecule has 1 aromatic carbocycles. The van der Waals surface area contributed by atoms with Crippen molar-refractivity contribution in [2.75, 3.05) is 6.54 Å². The third kappa shape index (κ3) is 4.73. The number of amides is 1. The predicted molar refractivity (Wildman–Crippen MR) is 82.3 cm³/mol. The molecular weight excluding hydrogens is 368 g/mol. The Kier molecular flexibility index (Phi) is 6.00. The highest BCUT2D eigenvalue weighted by Gasteiger charge is 2.18. The number of benzene rings is 1. The van der Waals surface area contributed by atoms with Crippen molar-refractivity contribution in [3.63, 3.8) is 0 Å². The molecule has 0 spiro atoms. The zero-order chi connectivity index (χ0) is 15.5. The van der Waals surface area contributed by atoms with Crippen molar-refractivity contribution in [1.29, 1.82) is 0 Å². The smallest absolute Gasteiger partial charge is 0.252 e. The molecule has 20 heavy (non-hydrogen) atoms. The second-order valence-electron chi connectivity index (χ2n) is 4.75. The Morgan fingerprint density at radius 2 is 2.05 bits per heavy atom. The number of nitrogens with one attached hydrogen (secondary N) is 1. The normalized spacial score (nSPS) is 11.7. The molecule has 0 saturated carbocycles. The monoisotopic (exact) mass is 382 g/mol. The third-order valence-electron chi connectivity index (χ3n) is 2.58. The molecule has 3 N–H and O–H groups in total. The summed E-state index contributed by atoms with van der Waals surface area (Å²) in [7, 11) is -3.90. The number of primary sulfonamides is 1. The molecule has 0 heterocycles. The van der Waals surface area contributed by atoms with Gasteiger partial charge in [0.2, 0.25) is 10.0 Å². The van der Waals surface area contributed by atoms with Gasteiger partial charge in [-0.15, -0.1) is 0 Å². The van der Waals surface area contributed by atoms with Gasteiger partial charge in [-0.2, -0.15) is 0 Å². The van der Waals surface area contributed by atoms with Gasteiger partial charge in [-0.25, -0.2) is 13.6 Å². The molecule has 0 bridgehead atoms. The van der Waals surface area contributed by atoms with E-state index in [1.54, 1.807) is 0 Å². The lowest BCUT2D eigenvalue weighted by atomic mass is 10.1. The van der Waals surface area contributed by atoms with E-state index in [-0.39, 0.29) is 15.5 Å². The van der Waals surface area contributed by atoms with Crippen LogP contribution in [0.3, 0.4) is 0 Å². The maximum atomic E-state index is 12.0. The van der Waals surface area contributed by atoms with Crippen molar-refractivity contribution >= 4 is 43.5 Å². The fourth-order valence-electron chi connectivity index (χ4n) is 1.46. The van der Waals surface area contributed by atoms with E-state index in [9.17, 15) is 13.2 Å². The molecule has 0 atom stereocenters. The lowest BCUT2D eigenvalue weighted by molar-refractivity contribution is 0.0952. The molecule has 1 rings (SSSR count). The maximum Gasteiger partial charge on any atom is 0.252 e. The van der Waals surface area contributed by atoms with Crippen LogP contribution in [0.25, 0.3) is 0 Å². The number of hydrogen-bond donors (Lipinski definition) is 2. The summed E-state index contributed by atoms with van der Waals surface area (Å²) in [6.45, 7) is 4.57. The summed E-state index contributed by atoms with van der Waals surface area (Å²) < 4.78 is 23.0. The van der Waals surface area contributed by atoms with Gasteiger partial charge in [-0.05, 0) is 40.4 Å². The number of sulfonamides is 1. The van der Waals surface area contributed by atoms with Crippen molar-refractivity contribution in [3.05, 3.63) is 27.2 Å². The Morgan fingerprint density at radius 3 is 2.55 bits per heavy atom. The SMILES string of the molecule is CC(C)CCNC(=O)c1cc(S(N)(=O)=O)cc(Br)c1Cl. The number of hydrogen-bond acceptors (Lipinski definition) is 3. The second-order valence-corrected chi connectivity index (χ2v) is 7.54. The highest BCUT2D eigenvalue weighted by Crippen LogP contribution is 2.29. The fourth-order valence-corrected chi connectivity index (χ4v) is 2.83. The lowest BCUT2D eigenvalue weighted by Crippen LogP contribution is -2.26. The molecule has 0 aliphatic heterocycles. The first-order valence-corrected chi connectivity index (χ1v) is 8.64. The van der Waals surface area contributed by atoms with E-state index in [2.05, 4.69) is 21.2 Å². The van der Waals surface area contributed by atoms with E-state index in [4.69, 9.17) is 16.7 Å². The van der Waals surface area contributed by atoms with Crippen molar-refractivity contribution < 1.29 is 13.2 Å². The minimum absolute atomic E-state index is 0.0776. The predicted octanol–water partition coefficient (Wildman–Crippen LogP) is 2.53. The zero-order valence-electron chi connectivity index (χ0n) is 11.1. The highest BCUT2D eigenvalue weighted by atomic mass is 79.9. The van der Waals surface area contributed by atoms with Crippen LogP contribution in [0, 0.1) is 5.92 Å². The Bertz CT molecular complexity index is 617. The van der Waals surface area contributed by atoms with Gasteiger partial charge < -0.3 is 5.32 Å². The average molecular weight is 384 g/mol. The molecule has 0 fully saturated rings. The molecule has 0 aliphatic carbocycles. The third-order valence-corrected chi connectivity index (χ3v) is 4.74. The van der Waals surface area contributed by atoms with Crippen molar-refractivity contribution in [3.8, 4) is 0 Å². The summed E-state index contributed by atoms with van der Waals surface area (Å²) in [5.74, 6) is 0.0233. The van der Waals surface area contributed by atoms with Gasteiger partial charge in [-0.1, -0.05) is 25.4 Å². The molecule has 0 aliphatic rings. The number of rotatable bonds is 5. The Labute approximate surface area is 132 Å². The molecule has 5 nitrogen and oxygen atoms in total. The first kappa shape index (κ1) is 17.4. The van der Waals surface area contributed by atoms with Gasteiger partial charge in [0.15, 0.2) is 0 Å². The van der Waals surface area contributed by atoms with E-state index in [0.717, 1.165) is 6.42 Å². The van der Waals surface area contributed by atoms with Crippen LogP contribution in [0.4, 0.5) is 0 Å². The lowest BCUT2D eigenvalue weighted by Gasteiger charge is -2.10. The van der Waals surface area contributed by atoms with Gasteiger partial charge in [0.1, 0.15) is 0 Å². The quantitative estimate of drug-likeness (QED) is 0.818. The molecule has 1 aromatic rings. The van der Waals surface area contributed by atoms with Crippen LogP contribution < -0.4 is 10.5 Å². The molecule has 0 radical (unpaired) electrons. The van der Waals surface area contributed by atoms with Crippen LogP contribution >= 0.6 is 27.5 Å². The largest absolute Gasteiger partial charge is 0.352 e.